The topological polar surface area (TPSA) is 70.7 Å². The van der Waals surface area contributed by atoms with Gasteiger partial charge in [0.25, 0.3) is 0 Å². The molecule has 132 valence electrons. The number of amides is 2. The third kappa shape index (κ3) is 4.71. The molecule has 1 unspecified atom stereocenters. The van der Waals surface area contributed by atoms with Gasteiger partial charge in [-0.3, -0.25) is 9.59 Å². The second-order valence-corrected chi connectivity index (χ2v) is 6.07. The van der Waals surface area contributed by atoms with Gasteiger partial charge in [-0.1, -0.05) is 18.2 Å². The summed E-state index contributed by atoms with van der Waals surface area (Å²) in [6.45, 7) is 8.24. The molecule has 2 N–H and O–H groups in total. The van der Waals surface area contributed by atoms with Gasteiger partial charge in [0.1, 0.15) is 5.75 Å². The van der Waals surface area contributed by atoms with E-state index in [1.54, 1.807) is 0 Å². The van der Waals surface area contributed by atoms with E-state index in [0.29, 0.717) is 18.9 Å². The Morgan fingerprint density at radius 3 is 2.83 bits per heavy atom. The lowest BCUT2D eigenvalue weighted by molar-refractivity contribution is -0.134. The lowest BCUT2D eigenvalue weighted by atomic mass is 10.0. The van der Waals surface area contributed by atoms with Crippen molar-refractivity contribution in [1.29, 1.82) is 0 Å². The Kier molecular flexibility index (Phi) is 6.61. The molecule has 0 bridgehead atoms. The third-order valence-corrected chi connectivity index (χ3v) is 4.17. The van der Waals surface area contributed by atoms with Crippen molar-refractivity contribution < 1.29 is 14.3 Å². The van der Waals surface area contributed by atoms with Crippen LogP contribution in [-0.2, 0) is 9.59 Å². The Balaban J connectivity index is 2.19. The fourth-order valence-corrected chi connectivity index (χ4v) is 3.04. The molecular formula is C18H27N3O3. The van der Waals surface area contributed by atoms with E-state index in [1.807, 2.05) is 43.0 Å². The Hall–Kier alpha value is -2.08. The Morgan fingerprint density at radius 2 is 2.17 bits per heavy atom. The van der Waals surface area contributed by atoms with Crippen molar-refractivity contribution >= 4 is 11.8 Å². The third-order valence-electron chi connectivity index (χ3n) is 4.17. The van der Waals surface area contributed by atoms with Gasteiger partial charge in [0.05, 0.1) is 19.1 Å². The molecule has 1 heterocycles. The molecule has 1 aliphatic heterocycles. The molecule has 2 amide bonds. The standard InChI is InChI=1S/C18H27N3O3/c1-4-24-17-8-6-5-7-15(17)16(20-14(3)22)11-18(23)21-10-9-19-12-13(21)2/h5-8,13,16,19H,4,9-12H2,1-3H3,(H,20,22)/t13-,16?/m0/s1. The van der Waals surface area contributed by atoms with Gasteiger partial charge in [0.15, 0.2) is 0 Å². The van der Waals surface area contributed by atoms with Gasteiger partial charge >= 0.3 is 0 Å². The lowest BCUT2D eigenvalue weighted by Crippen LogP contribution is -2.52. The van der Waals surface area contributed by atoms with Gasteiger partial charge in [-0.2, -0.15) is 0 Å². The molecule has 24 heavy (non-hydrogen) atoms. The zero-order chi connectivity index (χ0) is 17.5. The van der Waals surface area contributed by atoms with E-state index < -0.39 is 0 Å². The van der Waals surface area contributed by atoms with Crippen LogP contribution in [0.5, 0.6) is 5.75 Å². The van der Waals surface area contributed by atoms with Crippen LogP contribution in [0.2, 0.25) is 0 Å². The first kappa shape index (κ1) is 18.3. The molecule has 1 aromatic rings. The summed E-state index contributed by atoms with van der Waals surface area (Å²) >= 11 is 0. The molecule has 1 fully saturated rings. The van der Waals surface area contributed by atoms with E-state index >= 15 is 0 Å². The number of carbonyl (C=O) groups is 2. The molecule has 1 aromatic carbocycles. The van der Waals surface area contributed by atoms with Crippen molar-refractivity contribution in [3.63, 3.8) is 0 Å². The van der Waals surface area contributed by atoms with Crippen LogP contribution in [-0.4, -0.2) is 49.0 Å². The van der Waals surface area contributed by atoms with Crippen LogP contribution in [0.3, 0.4) is 0 Å². The van der Waals surface area contributed by atoms with Crippen molar-refractivity contribution in [2.24, 2.45) is 0 Å². The Labute approximate surface area is 143 Å². The number of para-hydroxylation sites is 1. The van der Waals surface area contributed by atoms with Crippen molar-refractivity contribution in [1.82, 2.24) is 15.5 Å². The van der Waals surface area contributed by atoms with Crippen molar-refractivity contribution in [2.45, 2.75) is 39.3 Å². The van der Waals surface area contributed by atoms with E-state index in [0.717, 1.165) is 18.7 Å². The monoisotopic (exact) mass is 333 g/mol. The fourth-order valence-electron chi connectivity index (χ4n) is 3.04. The van der Waals surface area contributed by atoms with Gasteiger partial charge in [0, 0.05) is 38.2 Å². The zero-order valence-corrected chi connectivity index (χ0v) is 14.7. The summed E-state index contributed by atoms with van der Waals surface area (Å²) in [4.78, 5) is 26.3. The fraction of sp³-hybridized carbons (Fsp3) is 0.556. The molecule has 1 saturated heterocycles. The average Bonchev–Trinajstić information content (AvgIpc) is 2.55. The highest BCUT2D eigenvalue weighted by atomic mass is 16.5. The summed E-state index contributed by atoms with van der Waals surface area (Å²) in [6, 6.07) is 7.32. The van der Waals surface area contributed by atoms with Crippen LogP contribution in [0.15, 0.2) is 24.3 Å². The van der Waals surface area contributed by atoms with Gasteiger partial charge in [-0.05, 0) is 19.9 Å². The van der Waals surface area contributed by atoms with Crippen molar-refractivity contribution in [2.75, 3.05) is 26.2 Å². The first-order chi connectivity index (χ1) is 11.5. The van der Waals surface area contributed by atoms with Crippen LogP contribution in [0, 0.1) is 0 Å². The maximum atomic E-state index is 12.7. The van der Waals surface area contributed by atoms with E-state index in [1.165, 1.54) is 6.92 Å². The number of nitrogens with one attached hydrogen (secondary N) is 2. The van der Waals surface area contributed by atoms with Crippen LogP contribution in [0.1, 0.15) is 38.8 Å². The highest BCUT2D eigenvalue weighted by Crippen LogP contribution is 2.28. The van der Waals surface area contributed by atoms with Crippen LogP contribution in [0.4, 0.5) is 0 Å². The SMILES string of the molecule is CCOc1ccccc1C(CC(=O)N1CCNC[C@@H]1C)NC(C)=O. The molecular weight excluding hydrogens is 306 g/mol. The number of hydrogen-bond donors (Lipinski definition) is 2. The molecule has 0 aromatic heterocycles. The molecule has 0 aliphatic carbocycles. The smallest absolute Gasteiger partial charge is 0.225 e. The average molecular weight is 333 g/mol. The second-order valence-electron chi connectivity index (χ2n) is 6.07. The summed E-state index contributed by atoms with van der Waals surface area (Å²) in [5.74, 6) is 0.599. The summed E-state index contributed by atoms with van der Waals surface area (Å²) in [7, 11) is 0. The molecule has 2 rings (SSSR count). The molecule has 0 saturated carbocycles. The summed E-state index contributed by atoms with van der Waals surface area (Å²) < 4.78 is 5.66. The number of hydrogen-bond acceptors (Lipinski definition) is 4. The normalized spacial score (nSPS) is 18.8. The van der Waals surface area contributed by atoms with Crippen molar-refractivity contribution in [3.8, 4) is 5.75 Å². The number of piperazine rings is 1. The highest BCUT2D eigenvalue weighted by Gasteiger charge is 2.27. The quantitative estimate of drug-likeness (QED) is 0.827. The van der Waals surface area contributed by atoms with Crippen molar-refractivity contribution in [3.05, 3.63) is 29.8 Å². The summed E-state index contributed by atoms with van der Waals surface area (Å²) in [5, 5.41) is 6.18. The second kappa shape index (κ2) is 8.68. The van der Waals surface area contributed by atoms with E-state index in [-0.39, 0.29) is 30.3 Å². The van der Waals surface area contributed by atoms with Gasteiger partial charge in [-0.15, -0.1) is 0 Å². The summed E-state index contributed by atoms with van der Waals surface area (Å²) in [5.41, 5.74) is 0.839. The summed E-state index contributed by atoms with van der Waals surface area (Å²) in [6.07, 6.45) is 0.230. The van der Waals surface area contributed by atoms with E-state index in [4.69, 9.17) is 4.74 Å². The molecule has 2 atom stereocenters. The molecule has 0 radical (unpaired) electrons. The van der Waals surface area contributed by atoms with E-state index in [9.17, 15) is 9.59 Å². The van der Waals surface area contributed by atoms with Gasteiger partial charge < -0.3 is 20.3 Å². The van der Waals surface area contributed by atoms with Gasteiger partial charge in [-0.25, -0.2) is 0 Å². The maximum Gasteiger partial charge on any atom is 0.225 e. The molecule has 0 spiro atoms. The van der Waals surface area contributed by atoms with E-state index in [2.05, 4.69) is 10.6 Å². The molecule has 6 nitrogen and oxygen atoms in total. The zero-order valence-electron chi connectivity index (χ0n) is 14.7. The lowest BCUT2D eigenvalue weighted by Gasteiger charge is -2.35. The van der Waals surface area contributed by atoms with Crippen LogP contribution >= 0.6 is 0 Å². The number of benzene rings is 1. The molecule has 6 heteroatoms. The first-order valence-electron chi connectivity index (χ1n) is 8.52. The highest BCUT2D eigenvalue weighted by molar-refractivity contribution is 5.79. The first-order valence-corrected chi connectivity index (χ1v) is 8.52. The molecule has 1 aliphatic rings. The Morgan fingerprint density at radius 1 is 1.42 bits per heavy atom. The van der Waals surface area contributed by atoms with Crippen LogP contribution < -0.4 is 15.4 Å². The number of nitrogens with zero attached hydrogens (tertiary/aromatic N) is 1. The minimum absolute atomic E-state index is 0.0500. The number of ether oxygens (including phenoxy) is 1. The predicted molar refractivity (Wildman–Crippen MR) is 92.8 cm³/mol. The number of rotatable bonds is 6. The Bertz CT molecular complexity index is 576. The maximum absolute atomic E-state index is 12.7. The van der Waals surface area contributed by atoms with Crippen LogP contribution in [0.25, 0.3) is 0 Å². The van der Waals surface area contributed by atoms with Gasteiger partial charge in [0.2, 0.25) is 11.8 Å². The minimum atomic E-state index is -0.389. The minimum Gasteiger partial charge on any atom is -0.494 e. The largest absolute Gasteiger partial charge is 0.494 e. The number of carbonyl (C=O) groups excluding carboxylic acids is 2. The predicted octanol–water partition coefficient (Wildman–Crippen LogP) is 1.47.